The van der Waals surface area contributed by atoms with E-state index in [1.807, 2.05) is 135 Å². The van der Waals surface area contributed by atoms with Gasteiger partial charge in [0.15, 0.2) is 0 Å². The van der Waals surface area contributed by atoms with Gasteiger partial charge in [0.05, 0.1) is 12.8 Å². The summed E-state index contributed by atoms with van der Waals surface area (Å²) in [6.45, 7) is 7.27. The number of carbonyl (C=O) groups is 6. The number of aromatic nitrogens is 4. The molecule has 18 nitrogen and oxygen atoms in total. The first kappa shape index (κ1) is 66.7. The van der Waals surface area contributed by atoms with Crippen LogP contribution in [0.1, 0.15) is 65.2 Å². The van der Waals surface area contributed by atoms with Gasteiger partial charge in [-0.3, -0.25) is 28.8 Å². The molecule has 12 aromatic rings. The van der Waals surface area contributed by atoms with E-state index in [1.165, 1.54) is 20.9 Å². The van der Waals surface area contributed by atoms with Crippen molar-refractivity contribution in [1.82, 2.24) is 30.1 Å². The van der Waals surface area contributed by atoms with E-state index in [0.717, 1.165) is 66.8 Å². The number of carboxylic acid groups (broad SMARTS) is 2. The lowest BCUT2D eigenvalue weighted by Gasteiger charge is -2.21. The van der Waals surface area contributed by atoms with Gasteiger partial charge in [0.2, 0.25) is 23.5 Å². The van der Waals surface area contributed by atoms with Gasteiger partial charge in [0.25, 0.3) is 23.6 Å². The minimum Gasteiger partial charge on any atom is -0.480 e. The van der Waals surface area contributed by atoms with Gasteiger partial charge < -0.3 is 39.7 Å². The number of nitrogens with zero attached hydrogens (tertiary/aromatic N) is 6. The van der Waals surface area contributed by atoms with Crippen LogP contribution in [0.2, 0.25) is 0 Å². The van der Waals surface area contributed by atoms with Crippen LogP contribution in [0.3, 0.4) is 0 Å². The van der Waals surface area contributed by atoms with Crippen LogP contribution in [-0.4, -0.2) is 89.0 Å². The molecule has 0 aliphatic rings. The molecule has 0 aliphatic heterocycles. The molecule has 0 spiro atoms. The van der Waals surface area contributed by atoms with E-state index in [2.05, 4.69) is 93.3 Å². The summed E-state index contributed by atoms with van der Waals surface area (Å²) < 4.78 is 11.1. The molecule has 10 aromatic carbocycles. The van der Waals surface area contributed by atoms with Gasteiger partial charge >= 0.3 is 11.9 Å². The largest absolute Gasteiger partial charge is 0.480 e. The summed E-state index contributed by atoms with van der Waals surface area (Å²) in [7, 11) is 0. The number of rotatable bonds is 22. The summed E-state index contributed by atoms with van der Waals surface area (Å²) in [4.78, 5) is 86.8. The van der Waals surface area contributed by atoms with Crippen molar-refractivity contribution in [2.45, 2.75) is 53.6 Å². The zero-order valence-corrected chi connectivity index (χ0v) is 54.2. The minimum atomic E-state index is -1.13. The first-order chi connectivity index (χ1) is 47.4. The third-order valence-corrected chi connectivity index (χ3v) is 16.0. The van der Waals surface area contributed by atoms with Gasteiger partial charge in [-0.25, -0.2) is 0 Å². The highest BCUT2D eigenvalue weighted by atomic mass is 16.5. The van der Waals surface area contributed by atoms with Crippen molar-refractivity contribution in [3.63, 3.8) is 0 Å². The molecule has 0 bridgehead atoms. The third-order valence-electron chi connectivity index (χ3n) is 16.0. The number of carbonyl (C=O) groups excluding carboxylic acids is 4. The van der Waals surface area contributed by atoms with Crippen LogP contribution in [0.15, 0.2) is 252 Å². The van der Waals surface area contributed by atoms with Gasteiger partial charge in [-0.15, -0.1) is 0 Å². The number of nitrogens with one attached hydrogen (secondary N) is 2. The molecule has 0 fully saturated rings. The lowest BCUT2D eigenvalue weighted by Crippen LogP contribution is -2.35. The van der Waals surface area contributed by atoms with Crippen LogP contribution in [0.5, 0.6) is 0 Å². The molecular weight excluding hydrogens is 1230 g/mol. The molecule has 18 heteroatoms. The molecule has 12 rings (SSSR count). The predicted molar refractivity (Wildman–Crippen MR) is 375 cm³/mol. The number of aliphatic carboxylic acids is 2. The second-order valence-electron chi connectivity index (χ2n) is 23.8. The van der Waals surface area contributed by atoms with E-state index < -0.39 is 36.8 Å². The fraction of sp³-hybridized carbons (Fsp3) is 0.125. The summed E-state index contributed by atoms with van der Waals surface area (Å²) in [5.74, 6) is -1.89. The zero-order valence-electron chi connectivity index (χ0n) is 54.2. The Morgan fingerprint density at radius 3 is 1.05 bits per heavy atom. The van der Waals surface area contributed by atoms with Gasteiger partial charge in [-0.1, -0.05) is 202 Å². The molecule has 0 saturated heterocycles. The Morgan fingerprint density at radius 1 is 0.357 bits per heavy atom. The average molecular weight is 1300 g/mol. The highest BCUT2D eigenvalue weighted by molar-refractivity contribution is 5.98. The Morgan fingerprint density at radius 2 is 0.684 bits per heavy atom. The molecule has 4 amide bonds. The van der Waals surface area contributed by atoms with Crippen molar-refractivity contribution in [1.29, 1.82) is 0 Å². The van der Waals surface area contributed by atoms with E-state index in [9.17, 15) is 39.0 Å². The van der Waals surface area contributed by atoms with E-state index in [4.69, 9.17) is 9.05 Å². The molecule has 488 valence electrons. The fourth-order valence-electron chi connectivity index (χ4n) is 10.8. The van der Waals surface area contributed by atoms with Crippen molar-refractivity contribution in [3.05, 3.63) is 298 Å². The Balaban J connectivity index is 0.000000198. The molecule has 2 heterocycles. The van der Waals surface area contributed by atoms with Crippen LogP contribution >= 0.6 is 0 Å². The Kier molecular flexibility index (Phi) is 21.1. The van der Waals surface area contributed by atoms with E-state index in [1.54, 1.807) is 72.8 Å². The maximum Gasteiger partial charge on any atom is 0.323 e. The van der Waals surface area contributed by atoms with Gasteiger partial charge in [-0.2, -0.15) is 9.97 Å². The first-order valence-corrected chi connectivity index (χ1v) is 31.5. The summed E-state index contributed by atoms with van der Waals surface area (Å²) >= 11 is 0. The predicted octanol–water partition coefficient (Wildman–Crippen LogP) is 15.2. The van der Waals surface area contributed by atoms with Crippen molar-refractivity contribution >= 4 is 46.9 Å². The maximum absolute atomic E-state index is 13.4. The molecule has 4 N–H and O–H groups in total. The van der Waals surface area contributed by atoms with E-state index in [-0.39, 0.29) is 37.7 Å². The fourth-order valence-corrected chi connectivity index (χ4v) is 10.8. The molecule has 0 atom stereocenters. The van der Waals surface area contributed by atoms with Crippen LogP contribution in [0, 0.1) is 27.7 Å². The quantitative estimate of drug-likeness (QED) is 0.0493. The minimum absolute atomic E-state index is 0.0746. The second-order valence-corrected chi connectivity index (χ2v) is 23.8. The number of hydrogen-bond donors (Lipinski definition) is 4. The lowest BCUT2D eigenvalue weighted by atomic mass is 10.0. The SMILES string of the molecule is Cc1ccc(-c2ccc(-c3nc(-c4ccc(CN(CC(=O)O)C(=O)c5ccc(NC(=O)Cc6cccc(C)c6)cc5)cc4)no3)cc2)cc1.Cc1ccc(CC(=O)Nc2ccc(C(=O)N(CC(=O)O)Cc3ccc(-c4noc(-c5ccc(-c6ccc(C)cc6)cc5)n4)cc3)cc2)cc1. The number of benzene rings is 10. The molecule has 98 heavy (non-hydrogen) atoms. The summed E-state index contributed by atoms with van der Waals surface area (Å²) in [5.41, 5.74) is 17.0. The van der Waals surface area contributed by atoms with Crippen molar-refractivity contribution in [2.24, 2.45) is 0 Å². The van der Waals surface area contributed by atoms with Crippen LogP contribution < -0.4 is 10.6 Å². The van der Waals surface area contributed by atoms with Crippen LogP contribution in [0.25, 0.3) is 67.9 Å². The van der Waals surface area contributed by atoms with Crippen molar-refractivity contribution in [2.75, 3.05) is 23.7 Å². The Bertz CT molecular complexity index is 4770. The number of anilines is 2. The molecule has 0 radical (unpaired) electrons. The average Bonchev–Trinajstić information content (AvgIpc) is 1.72. The molecule has 0 unspecified atom stereocenters. The topological polar surface area (TPSA) is 251 Å². The van der Waals surface area contributed by atoms with Crippen LogP contribution in [-0.2, 0) is 45.1 Å². The number of hydrogen-bond acceptors (Lipinski definition) is 12. The molecule has 0 aliphatic carbocycles. The summed E-state index contributed by atoms with van der Waals surface area (Å²) in [6.07, 6.45) is 0.451. The van der Waals surface area contributed by atoms with E-state index in [0.29, 0.717) is 57.1 Å². The normalized spacial score (nSPS) is 10.8. The smallest absolute Gasteiger partial charge is 0.323 e. The van der Waals surface area contributed by atoms with Gasteiger partial charge in [0.1, 0.15) is 13.1 Å². The van der Waals surface area contributed by atoms with E-state index >= 15 is 0 Å². The molecule has 2 aromatic heterocycles. The lowest BCUT2D eigenvalue weighted by molar-refractivity contribution is -0.138. The first-order valence-electron chi connectivity index (χ1n) is 31.5. The number of amides is 4. The van der Waals surface area contributed by atoms with Crippen molar-refractivity contribution < 1.29 is 48.0 Å². The van der Waals surface area contributed by atoms with Gasteiger partial charge in [0, 0.05) is 57.8 Å². The number of aryl methyl sites for hydroxylation is 4. The number of carboxylic acids is 2. The Hall–Kier alpha value is -12.7. The zero-order chi connectivity index (χ0) is 68.7. The Labute approximate surface area is 565 Å². The summed E-state index contributed by atoms with van der Waals surface area (Å²) in [6, 6.07) is 75.3. The highest BCUT2D eigenvalue weighted by Gasteiger charge is 2.23. The maximum atomic E-state index is 13.4. The van der Waals surface area contributed by atoms with Crippen LogP contribution in [0.4, 0.5) is 11.4 Å². The van der Waals surface area contributed by atoms with Crippen molar-refractivity contribution in [3.8, 4) is 67.9 Å². The standard InChI is InChI=1S/2C40H34N4O5/c1-26-3-7-28(8-4-26)23-36(45)41-35-21-19-34(20-22-35)40(48)44(25-37(46)47)24-29-9-13-32(14-10-29)38-42-39(49-43-38)33-17-15-31(16-18-33)30-11-5-27(2)6-12-30;1-26-6-10-30(11-7-26)31-14-16-33(17-15-31)39-42-38(43-49-39)32-12-8-28(9-13-32)24-44(25-37(46)47)40(48)34-18-20-35(21-19-34)41-36(45)23-29-5-3-4-27(2)22-29/h2*3-22H,23-25H2,1-2H3,(H,41,45)(H,46,47). The highest BCUT2D eigenvalue weighted by Crippen LogP contribution is 2.30. The summed E-state index contributed by atoms with van der Waals surface area (Å²) in [5, 5.41) is 33.1. The monoisotopic (exact) mass is 1300 g/mol. The van der Waals surface area contributed by atoms with Gasteiger partial charge in [-0.05, 0) is 145 Å². The second kappa shape index (κ2) is 31.0. The third kappa shape index (κ3) is 17.9. The molecular formula is C80H68N8O10. The molecule has 0 saturated carbocycles.